The standard InChI is InChI=1S/C13H15ClFN3/c1-3-16-7-10-4-5-13(12(15)6-10)18-8-11(14)9(2)17-18/h4-6,8,16H,3,7H2,1-2H3. The molecule has 18 heavy (non-hydrogen) atoms. The van der Waals surface area contributed by atoms with Crippen molar-refractivity contribution in [1.29, 1.82) is 0 Å². The monoisotopic (exact) mass is 267 g/mol. The zero-order chi connectivity index (χ0) is 13.1. The van der Waals surface area contributed by atoms with Crippen LogP contribution in [0.2, 0.25) is 5.02 Å². The van der Waals surface area contributed by atoms with E-state index in [1.165, 1.54) is 10.7 Å². The maximum atomic E-state index is 14.0. The molecule has 2 aromatic rings. The van der Waals surface area contributed by atoms with Crippen molar-refractivity contribution < 1.29 is 4.39 Å². The summed E-state index contributed by atoms with van der Waals surface area (Å²) in [5.41, 5.74) is 2.01. The molecule has 0 bridgehead atoms. The van der Waals surface area contributed by atoms with E-state index in [1.807, 2.05) is 13.0 Å². The Morgan fingerprint density at radius 3 is 2.78 bits per heavy atom. The normalized spacial score (nSPS) is 10.9. The summed E-state index contributed by atoms with van der Waals surface area (Å²) in [6.45, 7) is 5.32. The lowest BCUT2D eigenvalue weighted by molar-refractivity contribution is 0.605. The number of halogens is 2. The third-order valence-electron chi connectivity index (χ3n) is 2.68. The van der Waals surface area contributed by atoms with Crippen LogP contribution in [0.15, 0.2) is 24.4 Å². The molecule has 0 radical (unpaired) electrons. The average molecular weight is 268 g/mol. The molecule has 0 aliphatic heterocycles. The van der Waals surface area contributed by atoms with Gasteiger partial charge in [0, 0.05) is 12.7 Å². The third-order valence-corrected chi connectivity index (χ3v) is 3.05. The van der Waals surface area contributed by atoms with E-state index in [4.69, 9.17) is 11.6 Å². The SMILES string of the molecule is CCNCc1ccc(-n2cc(Cl)c(C)n2)c(F)c1. The van der Waals surface area contributed by atoms with Gasteiger partial charge in [-0.05, 0) is 31.2 Å². The molecule has 0 fully saturated rings. The first kappa shape index (κ1) is 13.1. The van der Waals surface area contributed by atoms with Crippen LogP contribution in [0.4, 0.5) is 4.39 Å². The van der Waals surface area contributed by atoms with Gasteiger partial charge in [0.25, 0.3) is 0 Å². The van der Waals surface area contributed by atoms with Crippen molar-refractivity contribution in [3.8, 4) is 5.69 Å². The number of aryl methyl sites for hydroxylation is 1. The van der Waals surface area contributed by atoms with Gasteiger partial charge in [0.05, 0.1) is 10.7 Å². The van der Waals surface area contributed by atoms with Crippen molar-refractivity contribution in [3.05, 3.63) is 46.5 Å². The highest BCUT2D eigenvalue weighted by Crippen LogP contribution is 2.19. The Morgan fingerprint density at radius 2 is 2.22 bits per heavy atom. The molecule has 0 saturated carbocycles. The molecule has 5 heteroatoms. The second-order valence-corrected chi connectivity index (χ2v) is 4.48. The molecule has 3 nitrogen and oxygen atoms in total. The number of nitrogens with one attached hydrogen (secondary N) is 1. The molecule has 0 unspecified atom stereocenters. The van der Waals surface area contributed by atoms with E-state index in [1.54, 1.807) is 19.2 Å². The van der Waals surface area contributed by atoms with Crippen LogP contribution in [0.3, 0.4) is 0 Å². The zero-order valence-electron chi connectivity index (χ0n) is 10.4. The van der Waals surface area contributed by atoms with Crippen LogP contribution < -0.4 is 5.32 Å². The van der Waals surface area contributed by atoms with Crippen molar-refractivity contribution in [2.24, 2.45) is 0 Å². The highest BCUT2D eigenvalue weighted by atomic mass is 35.5. The number of nitrogens with zero attached hydrogens (tertiary/aromatic N) is 2. The summed E-state index contributed by atoms with van der Waals surface area (Å²) in [5, 5.41) is 7.85. The second kappa shape index (κ2) is 5.50. The summed E-state index contributed by atoms with van der Waals surface area (Å²) >= 11 is 5.92. The highest BCUT2D eigenvalue weighted by molar-refractivity contribution is 6.31. The smallest absolute Gasteiger partial charge is 0.149 e. The van der Waals surface area contributed by atoms with Gasteiger partial charge in [-0.1, -0.05) is 24.6 Å². The van der Waals surface area contributed by atoms with E-state index in [2.05, 4.69) is 10.4 Å². The molecule has 2 rings (SSSR count). The minimum atomic E-state index is -0.301. The summed E-state index contributed by atoms with van der Waals surface area (Å²) in [6.07, 6.45) is 1.61. The van der Waals surface area contributed by atoms with Crippen molar-refractivity contribution in [1.82, 2.24) is 15.1 Å². The molecule has 0 aliphatic rings. The lowest BCUT2D eigenvalue weighted by Gasteiger charge is -2.06. The number of hydrogen-bond acceptors (Lipinski definition) is 2. The molecular formula is C13H15ClFN3. The lowest BCUT2D eigenvalue weighted by Crippen LogP contribution is -2.12. The summed E-state index contributed by atoms with van der Waals surface area (Å²) in [6, 6.07) is 5.11. The third kappa shape index (κ3) is 2.71. The molecule has 0 aliphatic carbocycles. The largest absolute Gasteiger partial charge is 0.313 e. The molecule has 96 valence electrons. The fourth-order valence-corrected chi connectivity index (χ4v) is 1.81. The molecule has 1 aromatic heterocycles. The zero-order valence-corrected chi connectivity index (χ0v) is 11.1. The van der Waals surface area contributed by atoms with E-state index in [-0.39, 0.29) is 5.82 Å². The topological polar surface area (TPSA) is 29.9 Å². The van der Waals surface area contributed by atoms with E-state index in [0.717, 1.165) is 12.1 Å². The van der Waals surface area contributed by atoms with Crippen LogP contribution in [0, 0.1) is 12.7 Å². The van der Waals surface area contributed by atoms with E-state index >= 15 is 0 Å². The number of aromatic nitrogens is 2. The summed E-state index contributed by atoms with van der Waals surface area (Å²) in [4.78, 5) is 0. The highest BCUT2D eigenvalue weighted by Gasteiger charge is 2.09. The predicted molar refractivity (Wildman–Crippen MR) is 70.6 cm³/mol. The van der Waals surface area contributed by atoms with E-state index in [0.29, 0.717) is 22.9 Å². The maximum Gasteiger partial charge on any atom is 0.149 e. The van der Waals surface area contributed by atoms with Gasteiger partial charge in [0.2, 0.25) is 0 Å². The van der Waals surface area contributed by atoms with Gasteiger partial charge in [-0.2, -0.15) is 5.10 Å². The molecule has 0 saturated heterocycles. The molecular weight excluding hydrogens is 253 g/mol. The van der Waals surface area contributed by atoms with E-state index < -0.39 is 0 Å². The first-order chi connectivity index (χ1) is 8.61. The van der Waals surface area contributed by atoms with Crippen LogP contribution in [-0.2, 0) is 6.54 Å². The minimum absolute atomic E-state index is 0.301. The first-order valence-electron chi connectivity index (χ1n) is 5.83. The number of hydrogen-bond donors (Lipinski definition) is 1. The first-order valence-corrected chi connectivity index (χ1v) is 6.21. The Bertz CT molecular complexity index is 532. The fraction of sp³-hybridized carbons (Fsp3) is 0.308. The van der Waals surface area contributed by atoms with Gasteiger partial charge in [-0.15, -0.1) is 0 Å². The van der Waals surface area contributed by atoms with Gasteiger partial charge in [0.15, 0.2) is 0 Å². The number of benzene rings is 1. The molecule has 1 aromatic carbocycles. The van der Waals surface area contributed by atoms with Gasteiger partial charge in [0.1, 0.15) is 11.5 Å². The van der Waals surface area contributed by atoms with Crippen molar-refractivity contribution in [3.63, 3.8) is 0 Å². The van der Waals surface area contributed by atoms with E-state index in [9.17, 15) is 4.39 Å². The Morgan fingerprint density at radius 1 is 1.44 bits per heavy atom. The molecule has 0 amide bonds. The second-order valence-electron chi connectivity index (χ2n) is 4.07. The van der Waals surface area contributed by atoms with Crippen LogP contribution in [0.25, 0.3) is 5.69 Å². The van der Waals surface area contributed by atoms with Crippen LogP contribution in [-0.4, -0.2) is 16.3 Å². The Hall–Kier alpha value is -1.39. The average Bonchev–Trinajstić information content (AvgIpc) is 2.67. The molecule has 0 spiro atoms. The summed E-state index contributed by atoms with van der Waals surface area (Å²) in [5.74, 6) is -0.301. The van der Waals surface area contributed by atoms with Crippen molar-refractivity contribution >= 4 is 11.6 Å². The molecule has 0 atom stereocenters. The Balaban J connectivity index is 2.29. The van der Waals surface area contributed by atoms with Crippen LogP contribution >= 0.6 is 11.6 Å². The van der Waals surface area contributed by atoms with Gasteiger partial charge in [-0.3, -0.25) is 0 Å². The van der Waals surface area contributed by atoms with Crippen LogP contribution in [0.1, 0.15) is 18.2 Å². The number of rotatable bonds is 4. The van der Waals surface area contributed by atoms with Crippen LogP contribution in [0.5, 0.6) is 0 Å². The Kier molecular flexibility index (Phi) is 3.99. The molecule has 1 N–H and O–H groups in total. The quantitative estimate of drug-likeness (QED) is 0.923. The maximum absolute atomic E-state index is 14.0. The predicted octanol–water partition coefficient (Wildman–Crippen LogP) is 3.08. The van der Waals surface area contributed by atoms with Gasteiger partial charge < -0.3 is 5.32 Å². The fourth-order valence-electron chi connectivity index (χ4n) is 1.68. The van der Waals surface area contributed by atoms with Crippen molar-refractivity contribution in [2.45, 2.75) is 20.4 Å². The Labute approximate surface area is 111 Å². The summed E-state index contributed by atoms with van der Waals surface area (Å²) in [7, 11) is 0. The lowest BCUT2D eigenvalue weighted by atomic mass is 10.2. The van der Waals surface area contributed by atoms with Gasteiger partial charge >= 0.3 is 0 Å². The minimum Gasteiger partial charge on any atom is -0.313 e. The molecule has 1 heterocycles. The summed E-state index contributed by atoms with van der Waals surface area (Å²) < 4.78 is 15.4. The van der Waals surface area contributed by atoms with Gasteiger partial charge in [-0.25, -0.2) is 9.07 Å². The van der Waals surface area contributed by atoms with Crippen molar-refractivity contribution in [2.75, 3.05) is 6.54 Å².